The maximum absolute atomic E-state index is 13.3. The number of aryl methyl sites for hydroxylation is 2. The third kappa shape index (κ3) is 8.92. The Hall–Kier alpha value is -5.89. The number of unbranched alkanes of at least 4 members (excludes halogenated alkanes) is 6. The summed E-state index contributed by atoms with van der Waals surface area (Å²) in [7, 11) is 5.02. The molecule has 0 bridgehead atoms. The summed E-state index contributed by atoms with van der Waals surface area (Å²) in [5, 5.41) is 6.69. The number of imide groups is 2. The van der Waals surface area contributed by atoms with Crippen LogP contribution in [0.1, 0.15) is 96.1 Å². The fraction of sp³-hybridized carbons (Fsp3) is 0.444. The summed E-state index contributed by atoms with van der Waals surface area (Å²) in [5.41, 5.74) is 4.11. The molecular formula is C45H52N6O8. The standard InChI is InChI=1S/C45H52N6O8/c1-49-26-34(31-17-19-46-23-33(31)43(49)55)30-21-37(58-2)35(38(22-30)59-3)27-50-24-28(25-50)20-40(53)47-18-10-8-6-4-5-7-9-12-29-13-11-14-32-41(29)45(57)51(44(32)56)36-15-16-39(52)48-42(36)54/h11,13-14,17,19,21-23,26,28,36H,4-10,12,15-16,18,20,24-25,27H2,1-3H3,(H,47,53)(H,48,52,54). The van der Waals surface area contributed by atoms with E-state index in [1.807, 2.05) is 30.5 Å². The van der Waals surface area contributed by atoms with Crippen LogP contribution in [0.5, 0.6) is 11.5 Å². The molecule has 2 aromatic carbocycles. The molecule has 2 saturated heterocycles. The summed E-state index contributed by atoms with van der Waals surface area (Å²) >= 11 is 0. The second kappa shape index (κ2) is 18.4. The molecule has 2 aromatic heterocycles. The van der Waals surface area contributed by atoms with Crippen molar-refractivity contribution in [1.82, 2.24) is 30.0 Å². The van der Waals surface area contributed by atoms with Gasteiger partial charge in [0.1, 0.15) is 17.5 Å². The van der Waals surface area contributed by atoms with Crippen molar-refractivity contribution in [2.24, 2.45) is 13.0 Å². The van der Waals surface area contributed by atoms with Gasteiger partial charge < -0.3 is 19.4 Å². The van der Waals surface area contributed by atoms with Crippen molar-refractivity contribution in [3.05, 3.63) is 87.6 Å². The SMILES string of the molecule is COc1cc(-c2cn(C)c(=O)c3cnccc23)cc(OC)c1CN1CC(CC(=O)NCCCCCCCCCc2cccc3c2C(=O)N(C2CCC(=O)NC2=O)C3=O)C1. The van der Waals surface area contributed by atoms with E-state index < -0.39 is 29.7 Å². The number of hydrogen-bond acceptors (Lipinski definition) is 10. The molecule has 1 atom stereocenters. The Morgan fingerprint density at radius 3 is 2.31 bits per heavy atom. The number of benzene rings is 2. The van der Waals surface area contributed by atoms with Crippen LogP contribution < -0.4 is 25.7 Å². The van der Waals surface area contributed by atoms with E-state index >= 15 is 0 Å². The van der Waals surface area contributed by atoms with Gasteiger partial charge in [-0.2, -0.15) is 0 Å². The maximum atomic E-state index is 13.3. The van der Waals surface area contributed by atoms with Crippen LogP contribution in [-0.4, -0.2) is 88.8 Å². The number of carbonyl (C=O) groups is 5. The lowest BCUT2D eigenvalue weighted by Crippen LogP contribution is -2.54. The lowest BCUT2D eigenvalue weighted by atomic mass is 9.94. The Kier molecular flexibility index (Phi) is 12.8. The smallest absolute Gasteiger partial charge is 0.262 e. The number of methoxy groups -OCH3 is 2. The van der Waals surface area contributed by atoms with Crippen LogP contribution in [-0.2, 0) is 34.4 Å². The van der Waals surface area contributed by atoms with Crippen molar-refractivity contribution < 1.29 is 33.4 Å². The first kappa shape index (κ1) is 41.3. The molecule has 2 N–H and O–H groups in total. The average Bonchev–Trinajstić information content (AvgIpc) is 3.47. The zero-order valence-corrected chi connectivity index (χ0v) is 34.0. The third-order valence-corrected chi connectivity index (χ3v) is 11.8. The van der Waals surface area contributed by atoms with Gasteiger partial charge in [0.25, 0.3) is 17.4 Å². The van der Waals surface area contributed by atoms with Gasteiger partial charge in [-0.05, 0) is 72.4 Å². The minimum absolute atomic E-state index is 0.0849. The van der Waals surface area contributed by atoms with Crippen molar-refractivity contribution in [3.8, 4) is 22.6 Å². The molecule has 59 heavy (non-hydrogen) atoms. The number of nitrogens with one attached hydrogen (secondary N) is 2. The quantitative estimate of drug-likeness (QED) is 0.104. The molecule has 0 aliphatic carbocycles. The van der Waals surface area contributed by atoms with E-state index in [0.717, 1.165) is 90.6 Å². The van der Waals surface area contributed by atoms with E-state index in [0.29, 0.717) is 53.9 Å². The average molecular weight is 805 g/mol. The summed E-state index contributed by atoms with van der Waals surface area (Å²) in [6.45, 7) is 2.91. The summed E-state index contributed by atoms with van der Waals surface area (Å²) in [4.78, 5) is 83.3. The van der Waals surface area contributed by atoms with E-state index in [9.17, 15) is 28.8 Å². The monoisotopic (exact) mass is 804 g/mol. The number of pyridine rings is 2. The van der Waals surface area contributed by atoms with E-state index in [-0.39, 0.29) is 30.2 Å². The van der Waals surface area contributed by atoms with Gasteiger partial charge in [-0.25, -0.2) is 0 Å². The van der Waals surface area contributed by atoms with Crippen LogP contribution in [0.25, 0.3) is 21.9 Å². The molecule has 5 heterocycles. The summed E-state index contributed by atoms with van der Waals surface area (Å²) < 4.78 is 13.3. The van der Waals surface area contributed by atoms with Crippen LogP contribution >= 0.6 is 0 Å². The van der Waals surface area contributed by atoms with Gasteiger partial charge in [0.15, 0.2) is 0 Å². The lowest BCUT2D eigenvalue weighted by Gasteiger charge is -2.39. The molecule has 0 radical (unpaired) electrons. The summed E-state index contributed by atoms with van der Waals surface area (Å²) in [6, 6.07) is 10.1. The number of fused-ring (bicyclic) bond motifs is 2. The number of rotatable bonds is 18. The molecule has 5 amide bonds. The Morgan fingerprint density at radius 2 is 1.59 bits per heavy atom. The zero-order valence-electron chi connectivity index (χ0n) is 34.0. The second-order valence-corrected chi connectivity index (χ2v) is 15.9. The van der Waals surface area contributed by atoms with Crippen molar-refractivity contribution >= 4 is 40.3 Å². The minimum atomic E-state index is -0.962. The molecular weight excluding hydrogens is 753 g/mol. The highest BCUT2D eigenvalue weighted by atomic mass is 16.5. The molecule has 2 fully saturated rings. The van der Waals surface area contributed by atoms with Gasteiger partial charge in [-0.1, -0.05) is 44.2 Å². The number of ether oxygens (including phenoxy) is 2. The molecule has 0 saturated carbocycles. The van der Waals surface area contributed by atoms with Gasteiger partial charge in [-0.3, -0.25) is 48.9 Å². The van der Waals surface area contributed by atoms with Crippen LogP contribution in [0.4, 0.5) is 0 Å². The molecule has 0 spiro atoms. The maximum Gasteiger partial charge on any atom is 0.262 e. The number of likely N-dealkylation sites (tertiary alicyclic amines) is 1. The van der Waals surface area contributed by atoms with Gasteiger partial charge in [0, 0.05) is 70.2 Å². The minimum Gasteiger partial charge on any atom is -0.496 e. The highest BCUT2D eigenvalue weighted by Gasteiger charge is 2.45. The van der Waals surface area contributed by atoms with E-state index in [1.165, 1.54) is 0 Å². The zero-order chi connectivity index (χ0) is 41.6. The van der Waals surface area contributed by atoms with Crippen molar-refractivity contribution in [2.45, 2.75) is 83.2 Å². The highest BCUT2D eigenvalue weighted by Crippen LogP contribution is 2.39. The van der Waals surface area contributed by atoms with Crippen LogP contribution in [0.15, 0.2) is 59.8 Å². The number of amides is 5. The molecule has 3 aliphatic rings. The fourth-order valence-electron chi connectivity index (χ4n) is 8.68. The van der Waals surface area contributed by atoms with Gasteiger partial charge >= 0.3 is 0 Å². The Bertz CT molecular complexity index is 2310. The van der Waals surface area contributed by atoms with Gasteiger partial charge in [0.05, 0.1) is 36.3 Å². The third-order valence-electron chi connectivity index (χ3n) is 11.8. The van der Waals surface area contributed by atoms with Crippen LogP contribution in [0.2, 0.25) is 0 Å². The van der Waals surface area contributed by atoms with Gasteiger partial charge in [0.2, 0.25) is 17.7 Å². The van der Waals surface area contributed by atoms with Crippen LogP contribution in [0, 0.1) is 5.92 Å². The first-order valence-electron chi connectivity index (χ1n) is 20.6. The molecule has 4 aromatic rings. The number of hydrogen-bond donors (Lipinski definition) is 2. The molecule has 1 unspecified atom stereocenters. The topological polar surface area (TPSA) is 169 Å². The molecule has 310 valence electrons. The Balaban J connectivity index is 0.782. The first-order chi connectivity index (χ1) is 28.6. The van der Waals surface area contributed by atoms with E-state index in [4.69, 9.17) is 9.47 Å². The molecule has 14 heteroatoms. The largest absolute Gasteiger partial charge is 0.496 e. The summed E-state index contributed by atoms with van der Waals surface area (Å²) in [5.74, 6) is -0.150. The van der Waals surface area contributed by atoms with Crippen molar-refractivity contribution in [1.29, 1.82) is 0 Å². The first-order valence-corrected chi connectivity index (χ1v) is 20.6. The Labute approximate surface area is 343 Å². The lowest BCUT2D eigenvalue weighted by molar-refractivity contribution is -0.136. The normalized spacial score (nSPS) is 16.9. The van der Waals surface area contributed by atoms with Crippen LogP contribution in [0.3, 0.4) is 0 Å². The number of piperidine rings is 1. The summed E-state index contributed by atoms with van der Waals surface area (Å²) in [6.07, 6.45) is 13.6. The molecule has 14 nitrogen and oxygen atoms in total. The highest BCUT2D eigenvalue weighted by molar-refractivity contribution is 6.24. The van der Waals surface area contributed by atoms with Gasteiger partial charge in [-0.15, -0.1) is 0 Å². The van der Waals surface area contributed by atoms with Crippen molar-refractivity contribution in [2.75, 3.05) is 33.9 Å². The molecule has 3 aliphatic heterocycles. The predicted octanol–water partition coefficient (Wildman–Crippen LogP) is 4.93. The number of carbonyl (C=O) groups excluding carboxylic acids is 5. The van der Waals surface area contributed by atoms with Crippen molar-refractivity contribution in [3.63, 3.8) is 0 Å². The fourth-order valence-corrected chi connectivity index (χ4v) is 8.68. The molecule has 7 rings (SSSR count). The van der Waals surface area contributed by atoms with E-state index in [1.54, 1.807) is 50.4 Å². The number of nitrogens with zero attached hydrogens (tertiary/aromatic N) is 4. The number of aromatic nitrogens is 2. The van der Waals surface area contributed by atoms with E-state index in [2.05, 4.69) is 20.5 Å². The second-order valence-electron chi connectivity index (χ2n) is 15.9. The Morgan fingerprint density at radius 1 is 0.881 bits per heavy atom. The predicted molar refractivity (Wildman–Crippen MR) is 221 cm³/mol.